The SMILES string of the molecule is COc1ccc2c(c1)C1(C)CCCC(C)(C)[C@@H]1C2=O. The molecule has 102 valence electrons. The lowest BCUT2D eigenvalue weighted by atomic mass is 9.56. The van der Waals surface area contributed by atoms with Crippen LogP contribution in [0.3, 0.4) is 0 Å². The van der Waals surface area contributed by atoms with Gasteiger partial charge in [-0.1, -0.05) is 27.2 Å². The van der Waals surface area contributed by atoms with E-state index >= 15 is 0 Å². The van der Waals surface area contributed by atoms with E-state index in [0.717, 1.165) is 24.2 Å². The highest BCUT2D eigenvalue weighted by Crippen LogP contribution is 2.58. The minimum Gasteiger partial charge on any atom is -0.497 e. The molecule has 0 bridgehead atoms. The van der Waals surface area contributed by atoms with E-state index in [-0.39, 0.29) is 16.7 Å². The molecular formula is C17H22O2. The minimum absolute atomic E-state index is 0.0112. The molecule has 0 amide bonds. The van der Waals surface area contributed by atoms with Crippen LogP contribution in [0, 0.1) is 11.3 Å². The molecule has 0 radical (unpaired) electrons. The van der Waals surface area contributed by atoms with Crippen LogP contribution in [0.25, 0.3) is 0 Å². The summed E-state index contributed by atoms with van der Waals surface area (Å²) in [6, 6.07) is 5.94. The van der Waals surface area contributed by atoms with Crippen molar-refractivity contribution >= 4 is 5.78 Å². The fraction of sp³-hybridized carbons (Fsp3) is 0.588. The lowest BCUT2D eigenvalue weighted by Gasteiger charge is -2.46. The zero-order valence-electron chi connectivity index (χ0n) is 12.2. The molecule has 1 aromatic carbocycles. The highest BCUT2D eigenvalue weighted by Gasteiger charge is 2.56. The van der Waals surface area contributed by atoms with Gasteiger partial charge in [0.1, 0.15) is 5.75 Å². The molecule has 0 spiro atoms. The maximum Gasteiger partial charge on any atom is 0.167 e. The number of ether oxygens (including phenoxy) is 1. The largest absolute Gasteiger partial charge is 0.497 e. The average molecular weight is 258 g/mol. The van der Waals surface area contributed by atoms with Crippen LogP contribution in [0.2, 0.25) is 0 Å². The molecule has 1 fully saturated rings. The Morgan fingerprint density at radius 1 is 1.21 bits per heavy atom. The highest BCUT2D eigenvalue weighted by molar-refractivity contribution is 6.04. The molecule has 0 aromatic heterocycles. The van der Waals surface area contributed by atoms with Crippen molar-refractivity contribution in [1.82, 2.24) is 0 Å². The smallest absolute Gasteiger partial charge is 0.167 e. The van der Waals surface area contributed by atoms with E-state index in [0.29, 0.717) is 5.78 Å². The van der Waals surface area contributed by atoms with Gasteiger partial charge in [-0.3, -0.25) is 4.79 Å². The van der Waals surface area contributed by atoms with Crippen molar-refractivity contribution < 1.29 is 9.53 Å². The third kappa shape index (κ3) is 1.58. The molecular weight excluding hydrogens is 236 g/mol. The topological polar surface area (TPSA) is 26.3 Å². The van der Waals surface area contributed by atoms with Crippen LogP contribution in [0.15, 0.2) is 18.2 Å². The molecule has 0 heterocycles. The molecule has 1 saturated carbocycles. The van der Waals surface area contributed by atoms with Crippen LogP contribution >= 0.6 is 0 Å². The van der Waals surface area contributed by atoms with Gasteiger partial charge in [-0.2, -0.15) is 0 Å². The summed E-state index contributed by atoms with van der Waals surface area (Å²) in [7, 11) is 1.68. The minimum atomic E-state index is -0.0112. The number of fused-ring (bicyclic) bond motifs is 3. The number of Topliss-reactive ketones (excluding diaryl/α,β-unsaturated/α-hetero) is 1. The molecule has 1 aromatic rings. The zero-order valence-corrected chi connectivity index (χ0v) is 12.2. The summed E-state index contributed by atoms with van der Waals surface area (Å²) < 4.78 is 5.34. The van der Waals surface area contributed by atoms with Crippen LogP contribution in [0.4, 0.5) is 0 Å². The summed E-state index contributed by atoms with van der Waals surface area (Å²) in [4.78, 5) is 12.8. The second kappa shape index (κ2) is 3.84. The van der Waals surface area contributed by atoms with Gasteiger partial charge in [0.15, 0.2) is 5.78 Å². The first-order chi connectivity index (χ1) is 8.90. The molecule has 19 heavy (non-hydrogen) atoms. The number of carbonyl (C=O) groups is 1. The Balaban J connectivity index is 2.19. The molecule has 3 rings (SSSR count). The molecule has 2 atom stereocenters. The highest BCUT2D eigenvalue weighted by atomic mass is 16.5. The fourth-order valence-electron chi connectivity index (χ4n) is 4.49. The Bertz CT molecular complexity index is 544. The third-order valence-corrected chi connectivity index (χ3v) is 5.31. The molecule has 0 N–H and O–H groups in total. The number of hydrogen-bond acceptors (Lipinski definition) is 2. The lowest BCUT2D eigenvalue weighted by Crippen LogP contribution is -2.44. The zero-order chi connectivity index (χ0) is 13.8. The normalized spacial score (nSPS) is 31.8. The number of hydrogen-bond donors (Lipinski definition) is 0. The van der Waals surface area contributed by atoms with Crippen molar-refractivity contribution in [3.63, 3.8) is 0 Å². The van der Waals surface area contributed by atoms with Gasteiger partial charge in [0.2, 0.25) is 0 Å². The molecule has 2 heteroatoms. The van der Waals surface area contributed by atoms with Crippen molar-refractivity contribution in [3.05, 3.63) is 29.3 Å². The average Bonchev–Trinajstić information content (AvgIpc) is 2.58. The molecule has 2 aliphatic rings. The standard InChI is InChI=1S/C17H22O2/c1-16(2)8-5-9-17(3)13-10-11(19-4)6-7-12(13)14(18)15(16)17/h6-7,10,15H,5,8-9H2,1-4H3/t15-,17?/m0/s1. The van der Waals surface area contributed by atoms with Gasteiger partial charge in [0.05, 0.1) is 7.11 Å². The Hall–Kier alpha value is -1.31. The first kappa shape index (κ1) is 12.7. The number of benzene rings is 1. The number of ketones is 1. The maximum atomic E-state index is 12.8. The predicted octanol–water partition coefficient (Wildman–Crippen LogP) is 3.98. The van der Waals surface area contributed by atoms with E-state index in [1.165, 1.54) is 12.0 Å². The Morgan fingerprint density at radius 3 is 2.63 bits per heavy atom. The second-order valence-electron chi connectivity index (χ2n) is 6.97. The third-order valence-electron chi connectivity index (χ3n) is 5.31. The maximum absolute atomic E-state index is 12.8. The van der Waals surface area contributed by atoms with Crippen LogP contribution in [0.1, 0.15) is 56.0 Å². The van der Waals surface area contributed by atoms with E-state index in [1.54, 1.807) is 7.11 Å². The first-order valence-corrected chi connectivity index (χ1v) is 7.13. The van der Waals surface area contributed by atoms with E-state index < -0.39 is 0 Å². The number of carbonyl (C=O) groups excluding carboxylic acids is 1. The lowest BCUT2D eigenvalue weighted by molar-refractivity contribution is 0.0500. The summed E-state index contributed by atoms with van der Waals surface area (Å²) in [6.07, 6.45) is 3.45. The molecule has 1 unspecified atom stereocenters. The van der Waals surface area contributed by atoms with Crippen molar-refractivity contribution in [3.8, 4) is 5.75 Å². The molecule has 0 aliphatic heterocycles. The summed E-state index contributed by atoms with van der Waals surface area (Å²) in [5.74, 6) is 1.32. The van der Waals surface area contributed by atoms with Crippen molar-refractivity contribution in [1.29, 1.82) is 0 Å². The Labute approximate surface area is 115 Å². The van der Waals surface area contributed by atoms with Gasteiger partial charge in [0.25, 0.3) is 0 Å². The van der Waals surface area contributed by atoms with Crippen molar-refractivity contribution in [2.24, 2.45) is 11.3 Å². The number of methoxy groups -OCH3 is 1. The van der Waals surface area contributed by atoms with Gasteiger partial charge >= 0.3 is 0 Å². The summed E-state index contributed by atoms with van der Waals surface area (Å²) >= 11 is 0. The van der Waals surface area contributed by atoms with Gasteiger partial charge in [0, 0.05) is 16.9 Å². The van der Waals surface area contributed by atoms with E-state index in [9.17, 15) is 4.79 Å². The molecule has 2 nitrogen and oxygen atoms in total. The second-order valence-corrected chi connectivity index (χ2v) is 6.97. The van der Waals surface area contributed by atoms with Crippen LogP contribution in [-0.2, 0) is 5.41 Å². The Morgan fingerprint density at radius 2 is 1.95 bits per heavy atom. The van der Waals surface area contributed by atoms with Crippen LogP contribution in [-0.4, -0.2) is 12.9 Å². The predicted molar refractivity (Wildman–Crippen MR) is 75.8 cm³/mol. The summed E-state index contributed by atoms with van der Waals surface area (Å²) in [5.41, 5.74) is 2.21. The fourth-order valence-corrected chi connectivity index (χ4v) is 4.49. The van der Waals surface area contributed by atoms with Gasteiger partial charge < -0.3 is 4.74 Å². The van der Waals surface area contributed by atoms with Gasteiger partial charge in [-0.15, -0.1) is 0 Å². The molecule has 0 saturated heterocycles. The van der Waals surface area contributed by atoms with Gasteiger partial charge in [-0.05, 0) is 42.0 Å². The van der Waals surface area contributed by atoms with Crippen LogP contribution in [0.5, 0.6) is 5.75 Å². The summed E-state index contributed by atoms with van der Waals surface area (Å²) in [6.45, 7) is 6.76. The van der Waals surface area contributed by atoms with E-state index in [4.69, 9.17) is 4.74 Å². The Kier molecular flexibility index (Phi) is 2.57. The van der Waals surface area contributed by atoms with E-state index in [2.05, 4.69) is 26.8 Å². The first-order valence-electron chi connectivity index (χ1n) is 7.13. The van der Waals surface area contributed by atoms with Gasteiger partial charge in [-0.25, -0.2) is 0 Å². The quantitative estimate of drug-likeness (QED) is 0.761. The van der Waals surface area contributed by atoms with Crippen molar-refractivity contribution in [2.45, 2.75) is 45.4 Å². The summed E-state index contributed by atoms with van der Waals surface area (Å²) in [5, 5.41) is 0. The van der Waals surface area contributed by atoms with Crippen LogP contribution < -0.4 is 4.74 Å². The number of rotatable bonds is 1. The molecule has 2 aliphatic carbocycles. The van der Waals surface area contributed by atoms with Crippen molar-refractivity contribution in [2.75, 3.05) is 7.11 Å². The monoisotopic (exact) mass is 258 g/mol. The van der Waals surface area contributed by atoms with E-state index in [1.807, 2.05) is 12.1 Å².